The van der Waals surface area contributed by atoms with Crippen molar-refractivity contribution in [1.82, 2.24) is 18.7 Å². The number of primary sulfonamides is 1. The molecule has 0 bridgehead atoms. The smallest absolute Gasteiger partial charge is 0.286 e. The second kappa shape index (κ2) is 9.31. The third-order valence-corrected chi connectivity index (χ3v) is 7.44. The zero-order valence-electron chi connectivity index (χ0n) is 19.3. The number of nitrogens with zero attached hydrogens (tertiary/aromatic N) is 4. The Morgan fingerprint density at radius 2 is 1.57 bits per heavy atom. The molecule has 37 heavy (non-hydrogen) atoms. The Hall–Kier alpha value is -3.70. The molecule has 3 aromatic carbocycles. The largest absolute Gasteiger partial charge is 0.332 e. The van der Waals surface area contributed by atoms with Crippen LogP contribution in [0.2, 0.25) is 10.0 Å². The van der Waals surface area contributed by atoms with Gasteiger partial charge in [0.1, 0.15) is 5.82 Å². The number of rotatable bonds is 5. The van der Waals surface area contributed by atoms with E-state index in [4.69, 9.17) is 33.3 Å². The summed E-state index contributed by atoms with van der Waals surface area (Å²) in [5.74, 6) is 0.365. The Bertz CT molecular complexity index is 1890. The summed E-state index contributed by atoms with van der Waals surface area (Å²) >= 11 is 12.6. The molecule has 0 radical (unpaired) electrons. The highest BCUT2D eigenvalue weighted by Gasteiger charge is 2.23. The van der Waals surface area contributed by atoms with Gasteiger partial charge in [-0.15, -0.1) is 0 Å². The van der Waals surface area contributed by atoms with Crippen LogP contribution in [-0.2, 0) is 23.6 Å². The minimum Gasteiger partial charge on any atom is -0.286 e. The lowest BCUT2D eigenvalue weighted by molar-refractivity contribution is 0.597. The zero-order chi connectivity index (χ0) is 26.5. The van der Waals surface area contributed by atoms with Crippen molar-refractivity contribution in [2.45, 2.75) is 11.4 Å². The molecule has 2 heterocycles. The Balaban J connectivity index is 1.82. The van der Waals surface area contributed by atoms with Gasteiger partial charge in [-0.05, 0) is 54.1 Å². The summed E-state index contributed by atoms with van der Waals surface area (Å²) in [5, 5.41) is 6.12. The molecule has 0 aliphatic heterocycles. The van der Waals surface area contributed by atoms with Gasteiger partial charge < -0.3 is 0 Å². The van der Waals surface area contributed by atoms with Crippen LogP contribution in [0.1, 0.15) is 5.56 Å². The second-order valence-corrected chi connectivity index (χ2v) is 10.7. The number of imidazole rings is 1. The minimum absolute atomic E-state index is 0.0218. The first-order valence-electron chi connectivity index (χ1n) is 10.9. The van der Waals surface area contributed by atoms with Gasteiger partial charge in [-0.2, -0.15) is 0 Å². The van der Waals surface area contributed by atoms with Crippen molar-refractivity contribution in [2.24, 2.45) is 12.2 Å². The van der Waals surface area contributed by atoms with Crippen molar-refractivity contribution in [3.63, 3.8) is 0 Å². The lowest BCUT2D eigenvalue weighted by Crippen LogP contribution is -2.39. The van der Waals surface area contributed by atoms with E-state index in [1.54, 1.807) is 65.2 Å². The standard InChI is InChI=1S/C25H19Cl2N5O4S/c1-30-24(33)21-23(31(25(30)34)14-15-6-12-18(13-7-15)37(28,35)36)29-22(19-4-2-3-5-20(19)27)32(21)17-10-8-16(26)9-11-17/h2-13H,14H2,1H3,(H2,28,35,36). The molecule has 2 aromatic heterocycles. The predicted molar refractivity (Wildman–Crippen MR) is 143 cm³/mol. The Labute approximate surface area is 221 Å². The van der Waals surface area contributed by atoms with Crippen LogP contribution < -0.4 is 16.4 Å². The number of fused-ring (bicyclic) bond motifs is 1. The summed E-state index contributed by atoms with van der Waals surface area (Å²) in [4.78, 5) is 31.4. The molecule has 0 saturated heterocycles. The number of sulfonamides is 1. The maximum absolute atomic E-state index is 13.4. The van der Waals surface area contributed by atoms with Crippen LogP contribution in [0.25, 0.3) is 28.2 Å². The first-order valence-corrected chi connectivity index (χ1v) is 13.2. The SMILES string of the molecule is Cn1c(=O)c2c(nc(-c3ccccc3Cl)n2-c2ccc(Cl)cc2)n(Cc2ccc(S(N)(=O)=O)cc2)c1=O. The molecule has 0 aliphatic rings. The lowest BCUT2D eigenvalue weighted by Gasteiger charge is -2.12. The normalized spacial score (nSPS) is 11.8. The molecule has 9 nitrogen and oxygen atoms in total. The van der Waals surface area contributed by atoms with Crippen molar-refractivity contribution < 1.29 is 8.42 Å². The molecular weight excluding hydrogens is 537 g/mol. The van der Waals surface area contributed by atoms with Gasteiger partial charge in [-0.1, -0.05) is 47.5 Å². The van der Waals surface area contributed by atoms with Crippen LogP contribution in [0.3, 0.4) is 0 Å². The summed E-state index contributed by atoms with van der Waals surface area (Å²) in [7, 11) is -2.48. The molecule has 2 N–H and O–H groups in total. The number of benzene rings is 3. The number of hydrogen-bond donors (Lipinski definition) is 1. The van der Waals surface area contributed by atoms with Gasteiger partial charge in [0.15, 0.2) is 11.2 Å². The van der Waals surface area contributed by atoms with E-state index in [1.165, 1.54) is 23.7 Å². The highest BCUT2D eigenvalue weighted by molar-refractivity contribution is 7.89. The van der Waals surface area contributed by atoms with E-state index in [0.717, 1.165) is 4.57 Å². The molecule has 0 amide bonds. The highest BCUT2D eigenvalue weighted by atomic mass is 35.5. The third kappa shape index (κ3) is 4.49. The van der Waals surface area contributed by atoms with Crippen molar-refractivity contribution in [1.29, 1.82) is 0 Å². The minimum atomic E-state index is -3.87. The summed E-state index contributed by atoms with van der Waals surface area (Å²) in [6.45, 7) is 0.0218. The van der Waals surface area contributed by atoms with Gasteiger partial charge in [0, 0.05) is 23.3 Å². The summed E-state index contributed by atoms with van der Waals surface area (Å²) in [5.41, 5.74) is 0.959. The maximum Gasteiger partial charge on any atom is 0.332 e. The van der Waals surface area contributed by atoms with Crippen molar-refractivity contribution in [2.75, 3.05) is 0 Å². The van der Waals surface area contributed by atoms with Gasteiger partial charge in [-0.3, -0.25) is 18.5 Å². The molecule has 0 fully saturated rings. The summed E-state index contributed by atoms with van der Waals surface area (Å²) in [6, 6.07) is 19.7. The number of aromatic nitrogens is 4. The van der Waals surface area contributed by atoms with Crippen LogP contribution in [0.5, 0.6) is 0 Å². The Morgan fingerprint density at radius 3 is 2.19 bits per heavy atom. The van der Waals surface area contributed by atoms with Gasteiger partial charge in [0.05, 0.1) is 16.5 Å². The first-order chi connectivity index (χ1) is 17.6. The molecule has 0 atom stereocenters. The van der Waals surface area contributed by atoms with Crippen LogP contribution in [-0.4, -0.2) is 27.1 Å². The molecule has 0 aliphatic carbocycles. The Kier molecular flexibility index (Phi) is 6.28. The number of hydrogen-bond acceptors (Lipinski definition) is 5. The fourth-order valence-corrected chi connectivity index (χ4v) is 4.94. The molecular formula is C25H19Cl2N5O4S. The van der Waals surface area contributed by atoms with E-state index in [2.05, 4.69) is 0 Å². The van der Waals surface area contributed by atoms with E-state index in [0.29, 0.717) is 32.7 Å². The average Bonchev–Trinajstić information content (AvgIpc) is 3.26. The predicted octanol–water partition coefficient (Wildman–Crippen LogP) is 3.56. The molecule has 5 aromatic rings. The van der Waals surface area contributed by atoms with E-state index in [-0.39, 0.29) is 22.6 Å². The van der Waals surface area contributed by atoms with E-state index < -0.39 is 21.3 Å². The quantitative estimate of drug-likeness (QED) is 0.355. The maximum atomic E-state index is 13.4. The number of halogens is 2. The first kappa shape index (κ1) is 25.0. The molecule has 0 spiro atoms. The summed E-state index contributed by atoms with van der Waals surface area (Å²) < 4.78 is 27.3. The van der Waals surface area contributed by atoms with Crippen LogP contribution >= 0.6 is 23.2 Å². The van der Waals surface area contributed by atoms with Gasteiger partial charge in [-0.25, -0.2) is 23.3 Å². The average molecular weight is 556 g/mol. The van der Waals surface area contributed by atoms with Crippen molar-refractivity contribution in [3.8, 4) is 17.1 Å². The number of nitrogens with two attached hydrogens (primary N) is 1. The molecule has 0 unspecified atom stereocenters. The highest BCUT2D eigenvalue weighted by Crippen LogP contribution is 2.32. The summed E-state index contributed by atoms with van der Waals surface area (Å²) in [6.07, 6.45) is 0. The van der Waals surface area contributed by atoms with E-state index in [9.17, 15) is 18.0 Å². The topological polar surface area (TPSA) is 122 Å². The second-order valence-electron chi connectivity index (χ2n) is 8.32. The van der Waals surface area contributed by atoms with Gasteiger partial charge in [0.25, 0.3) is 5.56 Å². The Morgan fingerprint density at radius 1 is 0.919 bits per heavy atom. The third-order valence-electron chi connectivity index (χ3n) is 5.93. The lowest BCUT2D eigenvalue weighted by atomic mass is 10.2. The monoisotopic (exact) mass is 555 g/mol. The van der Waals surface area contributed by atoms with Gasteiger partial charge in [0.2, 0.25) is 10.0 Å². The zero-order valence-corrected chi connectivity index (χ0v) is 21.6. The van der Waals surface area contributed by atoms with E-state index >= 15 is 0 Å². The van der Waals surface area contributed by atoms with E-state index in [1.807, 2.05) is 0 Å². The van der Waals surface area contributed by atoms with Crippen LogP contribution in [0.15, 0.2) is 87.3 Å². The van der Waals surface area contributed by atoms with Crippen molar-refractivity contribution >= 4 is 44.4 Å². The fourth-order valence-electron chi connectivity index (χ4n) is 4.08. The fraction of sp³-hybridized carbons (Fsp3) is 0.0800. The molecule has 5 rings (SSSR count). The van der Waals surface area contributed by atoms with Crippen LogP contribution in [0.4, 0.5) is 0 Å². The molecule has 188 valence electrons. The van der Waals surface area contributed by atoms with Crippen molar-refractivity contribution in [3.05, 3.63) is 109 Å². The van der Waals surface area contributed by atoms with Crippen LogP contribution in [0, 0.1) is 0 Å². The molecule has 12 heteroatoms. The van der Waals surface area contributed by atoms with Gasteiger partial charge >= 0.3 is 5.69 Å². The molecule has 0 saturated carbocycles.